The first-order valence-corrected chi connectivity index (χ1v) is 6.50. The topological polar surface area (TPSA) is 26.0 Å². The van der Waals surface area contributed by atoms with E-state index in [1.165, 1.54) is 18.9 Å². The van der Waals surface area contributed by atoms with Crippen molar-refractivity contribution in [3.05, 3.63) is 34.6 Å². The van der Waals surface area contributed by atoms with Gasteiger partial charge in [-0.25, -0.2) is 4.39 Å². The Balaban J connectivity index is 2.28. The van der Waals surface area contributed by atoms with Crippen LogP contribution in [0.15, 0.2) is 18.2 Å². The Morgan fingerprint density at radius 2 is 2.18 bits per heavy atom. The SMILES string of the molecule is CC1(C)CCCC1C(N)c1ccc(Cl)cc1F. The number of nitrogens with two attached hydrogens (primary N) is 1. The molecule has 2 N–H and O–H groups in total. The van der Waals surface area contributed by atoms with E-state index in [-0.39, 0.29) is 17.3 Å². The van der Waals surface area contributed by atoms with Crippen molar-refractivity contribution < 1.29 is 4.39 Å². The van der Waals surface area contributed by atoms with Gasteiger partial charge in [-0.05, 0) is 36.3 Å². The summed E-state index contributed by atoms with van der Waals surface area (Å²) in [6, 6.07) is 4.54. The minimum Gasteiger partial charge on any atom is -0.324 e. The van der Waals surface area contributed by atoms with Gasteiger partial charge in [-0.2, -0.15) is 0 Å². The standard InChI is InChI=1S/C14H19ClFN/c1-14(2)7-3-4-11(14)13(17)10-6-5-9(15)8-12(10)16/h5-6,8,11,13H,3-4,7,17H2,1-2H3. The highest BCUT2D eigenvalue weighted by Crippen LogP contribution is 2.48. The third kappa shape index (κ3) is 2.48. The van der Waals surface area contributed by atoms with Crippen LogP contribution in [-0.4, -0.2) is 0 Å². The van der Waals surface area contributed by atoms with Crippen molar-refractivity contribution in [1.82, 2.24) is 0 Å². The van der Waals surface area contributed by atoms with E-state index in [1.807, 2.05) is 0 Å². The lowest BCUT2D eigenvalue weighted by Gasteiger charge is -2.32. The molecule has 1 aromatic carbocycles. The van der Waals surface area contributed by atoms with Crippen LogP contribution in [0.3, 0.4) is 0 Å². The summed E-state index contributed by atoms with van der Waals surface area (Å²) in [6.07, 6.45) is 3.43. The Morgan fingerprint density at radius 1 is 1.47 bits per heavy atom. The van der Waals surface area contributed by atoms with E-state index in [1.54, 1.807) is 12.1 Å². The van der Waals surface area contributed by atoms with Crippen LogP contribution in [0, 0.1) is 17.2 Å². The maximum Gasteiger partial charge on any atom is 0.129 e. The molecular weight excluding hydrogens is 237 g/mol. The molecule has 3 heteroatoms. The third-order valence-electron chi connectivity index (χ3n) is 4.10. The van der Waals surface area contributed by atoms with Gasteiger partial charge in [0, 0.05) is 16.6 Å². The molecule has 2 rings (SSSR count). The second-order valence-corrected chi connectivity index (χ2v) is 6.12. The molecule has 0 spiro atoms. The lowest BCUT2D eigenvalue weighted by molar-refractivity contribution is 0.219. The van der Waals surface area contributed by atoms with Gasteiger partial charge in [0.05, 0.1) is 0 Å². The van der Waals surface area contributed by atoms with Crippen LogP contribution in [0.5, 0.6) is 0 Å². The third-order valence-corrected chi connectivity index (χ3v) is 4.33. The van der Waals surface area contributed by atoms with Crippen molar-refractivity contribution in [2.24, 2.45) is 17.1 Å². The molecule has 0 amide bonds. The molecule has 0 aromatic heterocycles. The van der Waals surface area contributed by atoms with Crippen LogP contribution in [-0.2, 0) is 0 Å². The summed E-state index contributed by atoms with van der Waals surface area (Å²) in [5.41, 5.74) is 7.04. The van der Waals surface area contributed by atoms with Crippen molar-refractivity contribution in [1.29, 1.82) is 0 Å². The molecule has 17 heavy (non-hydrogen) atoms. The fourth-order valence-corrected chi connectivity index (χ4v) is 3.17. The zero-order valence-corrected chi connectivity index (χ0v) is 11.1. The summed E-state index contributed by atoms with van der Waals surface area (Å²) >= 11 is 5.76. The molecule has 94 valence electrons. The first kappa shape index (κ1) is 12.8. The molecule has 1 fully saturated rings. The largest absolute Gasteiger partial charge is 0.324 e. The van der Waals surface area contributed by atoms with Gasteiger partial charge in [0.1, 0.15) is 5.82 Å². The molecule has 1 nitrogen and oxygen atoms in total. The predicted octanol–water partition coefficient (Wildman–Crippen LogP) is 4.31. The number of benzene rings is 1. The summed E-state index contributed by atoms with van der Waals surface area (Å²) in [5, 5.41) is 0.420. The molecule has 0 radical (unpaired) electrons. The van der Waals surface area contributed by atoms with Gasteiger partial charge < -0.3 is 5.73 Å². The normalized spacial score (nSPS) is 24.9. The zero-order chi connectivity index (χ0) is 12.6. The average molecular weight is 256 g/mol. The summed E-state index contributed by atoms with van der Waals surface area (Å²) in [5.74, 6) is 0.0610. The molecule has 0 bridgehead atoms. The summed E-state index contributed by atoms with van der Waals surface area (Å²) in [7, 11) is 0. The molecule has 0 aliphatic heterocycles. The highest BCUT2D eigenvalue weighted by atomic mass is 35.5. The summed E-state index contributed by atoms with van der Waals surface area (Å²) in [6.45, 7) is 4.44. The van der Waals surface area contributed by atoms with Gasteiger partial charge in [0.15, 0.2) is 0 Å². The van der Waals surface area contributed by atoms with Gasteiger partial charge in [-0.15, -0.1) is 0 Å². The van der Waals surface area contributed by atoms with Gasteiger partial charge in [0.25, 0.3) is 0 Å². The van der Waals surface area contributed by atoms with Gasteiger partial charge >= 0.3 is 0 Å². The molecule has 2 unspecified atom stereocenters. The molecule has 0 heterocycles. The van der Waals surface area contributed by atoms with Crippen molar-refractivity contribution in [2.45, 2.75) is 39.2 Å². The minimum atomic E-state index is -0.285. The van der Waals surface area contributed by atoms with Crippen molar-refractivity contribution in [3.63, 3.8) is 0 Å². The van der Waals surface area contributed by atoms with Crippen LogP contribution >= 0.6 is 11.6 Å². The van der Waals surface area contributed by atoms with Crippen LogP contribution in [0.1, 0.15) is 44.7 Å². The summed E-state index contributed by atoms with van der Waals surface area (Å²) in [4.78, 5) is 0. The van der Waals surface area contributed by atoms with E-state index >= 15 is 0 Å². The van der Waals surface area contributed by atoms with Crippen LogP contribution in [0.2, 0.25) is 5.02 Å². The van der Waals surface area contributed by atoms with Crippen LogP contribution in [0.25, 0.3) is 0 Å². The molecule has 1 aliphatic rings. The van der Waals surface area contributed by atoms with Gasteiger partial charge in [-0.1, -0.05) is 37.9 Å². The fraction of sp³-hybridized carbons (Fsp3) is 0.571. The average Bonchev–Trinajstić information content (AvgIpc) is 2.57. The van der Waals surface area contributed by atoms with E-state index in [0.717, 1.165) is 6.42 Å². The molecule has 1 aromatic rings. The Kier molecular flexibility index (Phi) is 3.46. The highest BCUT2D eigenvalue weighted by Gasteiger charge is 2.39. The lowest BCUT2D eigenvalue weighted by Crippen LogP contribution is -2.30. The smallest absolute Gasteiger partial charge is 0.129 e. The number of hydrogen-bond acceptors (Lipinski definition) is 1. The monoisotopic (exact) mass is 255 g/mol. The van der Waals surface area contributed by atoms with E-state index in [4.69, 9.17) is 17.3 Å². The van der Waals surface area contributed by atoms with E-state index in [9.17, 15) is 4.39 Å². The van der Waals surface area contributed by atoms with E-state index in [2.05, 4.69) is 13.8 Å². The maximum atomic E-state index is 13.8. The molecule has 1 aliphatic carbocycles. The molecule has 0 saturated heterocycles. The highest BCUT2D eigenvalue weighted by molar-refractivity contribution is 6.30. The van der Waals surface area contributed by atoms with E-state index in [0.29, 0.717) is 16.5 Å². The lowest BCUT2D eigenvalue weighted by atomic mass is 9.76. The molecule has 2 atom stereocenters. The number of rotatable bonds is 2. The molecular formula is C14H19ClFN. The Bertz CT molecular complexity index is 417. The number of hydrogen-bond donors (Lipinski definition) is 1. The van der Waals surface area contributed by atoms with Crippen LogP contribution < -0.4 is 5.73 Å². The number of halogens is 2. The zero-order valence-electron chi connectivity index (χ0n) is 10.3. The Labute approximate surface area is 107 Å². The first-order valence-electron chi connectivity index (χ1n) is 6.12. The predicted molar refractivity (Wildman–Crippen MR) is 69.5 cm³/mol. The second kappa shape index (κ2) is 4.58. The Morgan fingerprint density at radius 3 is 2.71 bits per heavy atom. The molecule has 1 saturated carbocycles. The van der Waals surface area contributed by atoms with Crippen molar-refractivity contribution in [2.75, 3.05) is 0 Å². The summed E-state index contributed by atoms with van der Waals surface area (Å²) < 4.78 is 13.8. The second-order valence-electron chi connectivity index (χ2n) is 5.68. The van der Waals surface area contributed by atoms with Gasteiger partial charge in [-0.3, -0.25) is 0 Å². The van der Waals surface area contributed by atoms with Crippen molar-refractivity contribution in [3.8, 4) is 0 Å². The van der Waals surface area contributed by atoms with Crippen LogP contribution in [0.4, 0.5) is 4.39 Å². The van der Waals surface area contributed by atoms with Gasteiger partial charge in [0.2, 0.25) is 0 Å². The first-order chi connectivity index (χ1) is 7.92. The quantitative estimate of drug-likeness (QED) is 0.838. The Hall–Kier alpha value is -0.600. The van der Waals surface area contributed by atoms with E-state index < -0.39 is 0 Å². The maximum absolute atomic E-state index is 13.8. The fourth-order valence-electron chi connectivity index (χ4n) is 3.01. The minimum absolute atomic E-state index is 0.200. The van der Waals surface area contributed by atoms with Crippen molar-refractivity contribution >= 4 is 11.6 Å².